The molecule has 10 heteroatoms. The highest BCUT2D eigenvalue weighted by molar-refractivity contribution is 7.14. The van der Waals surface area contributed by atoms with Crippen molar-refractivity contribution in [1.82, 2.24) is 10.2 Å². The third-order valence-electron chi connectivity index (χ3n) is 3.11. The number of hydrogen-bond acceptors (Lipinski definition) is 7. The highest BCUT2D eigenvalue weighted by Gasteiger charge is 2.30. The van der Waals surface area contributed by atoms with E-state index in [0.29, 0.717) is 0 Å². The van der Waals surface area contributed by atoms with Crippen LogP contribution in [-0.2, 0) is 19.1 Å². The Bertz CT molecular complexity index is 682. The first-order valence-electron chi connectivity index (χ1n) is 7.11. The molecule has 0 radical (unpaired) electrons. The molecule has 0 spiro atoms. The van der Waals surface area contributed by atoms with Gasteiger partial charge in [0.15, 0.2) is 0 Å². The number of carbonyl (C=O) groups is 5. The standard InChI is InChI=1S/C14H15N3O6S/c1-2-23-14(22)16-12(21)8-5-6-24-13(8)15-9(18)7-17-10(19)3-4-11(17)20/h5-6H,2-4,7H2,1H3,(H,15,18)(H,16,21,22). The van der Waals surface area contributed by atoms with Crippen molar-refractivity contribution in [1.29, 1.82) is 0 Å². The topological polar surface area (TPSA) is 122 Å². The Morgan fingerprint density at radius 1 is 1.25 bits per heavy atom. The van der Waals surface area contributed by atoms with Gasteiger partial charge in [-0.1, -0.05) is 0 Å². The van der Waals surface area contributed by atoms with Gasteiger partial charge in [0.2, 0.25) is 17.7 Å². The molecule has 1 aliphatic rings. The number of imide groups is 2. The van der Waals surface area contributed by atoms with Crippen LogP contribution in [0.4, 0.5) is 9.80 Å². The molecule has 1 saturated heterocycles. The number of hydrogen-bond donors (Lipinski definition) is 2. The SMILES string of the molecule is CCOC(=O)NC(=O)c1ccsc1NC(=O)CN1C(=O)CCC1=O. The van der Waals surface area contributed by atoms with Crippen LogP contribution in [-0.4, -0.2) is 47.8 Å². The smallest absolute Gasteiger partial charge is 0.414 e. The molecule has 9 nitrogen and oxygen atoms in total. The lowest BCUT2D eigenvalue weighted by molar-refractivity contribution is -0.141. The van der Waals surface area contributed by atoms with Crippen LogP contribution in [0, 0.1) is 0 Å². The van der Waals surface area contributed by atoms with Gasteiger partial charge in [0.25, 0.3) is 5.91 Å². The number of amides is 5. The van der Waals surface area contributed by atoms with E-state index < -0.39 is 36.3 Å². The Morgan fingerprint density at radius 3 is 2.54 bits per heavy atom. The van der Waals surface area contributed by atoms with Gasteiger partial charge < -0.3 is 10.1 Å². The summed E-state index contributed by atoms with van der Waals surface area (Å²) in [6.07, 6.45) is -0.699. The molecule has 1 fully saturated rings. The van der Waals surface area contributed by atoms with Crippen LogP contribution in [0.15, 0.2) is 11.4 Å². The van der Waals surface area contributed by atoms with Crippen LogP contribution < -0.4 is 10.6 Å². The number of anilines is 1. The predicted molar refractivity (Wildman–Crippen MR) is 83.4 cm³/mol. The van der Waals surface area contributed by atoms with Gasteiger partial charge in [0.05, 0.1) is 12.2 Å². The lowest BCUT2D eigenvalue weighted by Crippen LogP contribution is -2.37. The van der Waals surface area contributed by atoms with Crippen molar-refractivity contribution in [2.45, 2.75) is 19.8 Å². The predicted octanol–water partition coefficient (Wildman–Crippen LogP) is 0.722. The number of alkyl carbamates (subject to hydrolysis) is 1. The van der Waals surface area contributed by atoms with E-state index in [2.05, 4.69) is 10.1 Å². The number of thiophene rings is 1. The minimum Gasteiger partial charge on any atom is -0.450 e. The molecule has 1 aromatic heterocycles. The molecule has 0 bridgehead atoms. The Hall–Kier alpha value is -2.75. The molecule has 24 heavy (non-hydrogen) atoms. The lowest BCUT2D eigenvalue weighted by atomic mass is 10.3. The lowest BCUT2D eigenvalue weighted by Gasteiger charge is -2.13. The number of rotatable bonds is 5. The van der Waals surface area contributed by atoms with Gasteiger partial charge in [-0.05, 0) is 18.4 Å². The van der Waals surface area contributed by atoms with E-state index in [0.717, 1.165) is 16.2 Å². The van der Waals surface area contributed by atoms with Crippen LogP contribution in [0.3, 0.4) is 0 Å². The Kier molecular flexibility index (Phi) is 5.64. The van der Waals surface area contributed by atoms with Crippen LogP contribution in [0.1, 0.15) is 30.1 Å². The molecule has 0 saturated carbocycles. The fourth-order valence-electron chi connectivity index (χ4n) is 2.02. The second-order valence-corrected chi connectivity index (χ2v) is 5.68. The largest absolute Gasteiger partial charge is 0.450 e. The van der Waals surface area contributed by atoms with Crippen LogP contribution in [0.2, 0.25) is 0 Å². The first kappa shape index (κ1) is 17.6. The van der Waals surface area contributed by atoms with Crippen molar-refractivity contribution < 1.29 is 28.7 Å². The van der Waals surface area contributed by atoms with Crippen molar-refractivity contribution >= 4 is 46.1 Å². The van der Waals surface area contributed by atoms with Crippen LogP contribution in [0.25, 0.3) is 0 Å². The van der Waals surface area contributed by atoms with Gasteiger partial charge in [-0.2, -0.15) is 0 Å². The molecular formula is C14H15N3O6S. The number of nitrogens with zero attached hydrogens (tertiary/aromatic N) is 1. The minimum absolute atomic E-state index is 0.0838. The highest BCUT2D eigenvalue weighted by atomic mass is 32.1. The average molecular weight is 353 g/mol. The zero-order valence-corrected chi connectivity index (χ0v) is 13.6. The van der Waals surface area contributed by atoms with E-state index in [-0.39, 0.29) is 30.0 Å². The maximum Gasteiger partial charge on any atom is 0.414 e. The summed E-state index contributed by atoms with van der Waals surface area (Å²) < 4.78 is 4.61. The first-order chi connectivity index (χ1) is 11.4. The average Bonchev–Trinajstić information content (AvgIpc) is 3.09. The summed E-state index contributed by atoms with van der Waals surface area (Å²) in [7, 11) is 0. The van der Waals surface area contributed by atoms with E-state index in [4.69, 9.17) is 0 Å². The van der Waals surface area contributed by atoms with Crippen molar-refractivity contribution in [3.63, 3.8) is 0 Å². The fourth-order valence-corrected chi connectivity index (χ4v) is 2.82. The van der Waals surface area contributed by atoms with Gasteiger partial charge in [0.1, 0.15) is 11.5 Å². The van der Waals surface area contributed by atoms with Gasteiger partial charge >= 0.3 is 6.09 Å². The maximum absolute atomic E-state index is 12.0. The summed E-state index contributed by atoms with van der Waals surface area (Å²) >= 11 is 1.07. The third kappa shape index (κ3) is 4.16. The first-order valence-corrected chi connectivity index (χ1v) is 7.99. The van der Waals surface area contributed by atoms with E-state index in [9.17, 15) is 24.0 Å². The molecule has 0 atom stereocenters. The molecule has 0 unspecified atom stereocenters. The Morgan fingerprint density at radius 2 is 1.92 bits per heavy atom. The zero-order chi connectivity index (χ0) is 17.7. The molecule has 2 N–H and O–H groups in total. The van der Waals surface area contributed by atoms with E-state index >= 15 is 0 Å². The summed E-state index contributed by atoms with van der Waals surface area (Å²) in [6, 6.07) is 1.43. The minimum atomic E-state index is -0.890. The third-order valence-corrected chi connectivity index (χ3v) is 3.94. The summed E-state index contributed by atoms with van der Waals surface area (Å²) in [5, 5.41) is 6.25. The van der Waals surface area contributed by atoms with Crippen molar-refractivity contribution in [2.75, 3.05) is 18.5 Å². The van der Waals surface area contributed by atoms with Crippen molar-refractivity contribution in [3.8, 4) is 0 Å². The Labute approximate surface area is 140 Å². The second-order valence-electron chi connectivity index (χ2n) is 4.76. The zero-order valence-electron chi connectivity index (χ0n) is 12.8. The molecule has 128 valence electrons. The molecular weight excluding hydrogens is 338 g/mol. The monoisotopic (exact) mass is 353 g/mol. The molecule has 2 rings (SSSR count). The van der Waals surface area contributed by atoms with E-state index in [1.54, 1.807) is 12.3 Å². The van der Waals surface area contributed by atoms with Crippen molar-refractivity contribution in [3.05, 3.63) is 17.0 Å². The second kappa shape index (κ2) is 7.68. The van der Waals surface area contributed by atoms with Crippen LogP contribution in [0.5, 0.6) is 0 Å². The molecule has 5 amide bonds. The maximum atomic E-state index is 12.0. The van der Waals surface area contributed by atoms with Gasteiger partial charge in [-0.3, -0.25) is 29.4 Å². The summed E-state index contributed by atoms with van der Waals surface area (Å²) in [5.74, 6) is -2.13. The van der Waals surface area contributed by atoms with Crippen LogP contribution >= 0.6 is 11.3 Å². The molecule has 0 aliphatic carbocycles. The summed E-state index contributed by atoms with van der Waals surface area (Å²) in [4.78, 5) is 59.1. The van der Waals surface area contributed by atoms with E-state index in [1.165, 1.54) is 6.07 Å². The highest BCUT2D eigenvalue weighted by Crippen LogP contribution is 2.23. The number of carbonyl (C=O) groups excluding carboxylic acids is 5. The molecule has 1 aliphatic heterocycles. The molecule has 2 heterocycles. The van der Waals surface area contributed by atoms with Crippen molar-refractivity contribution in [2.24, 2.45) is 0 Å². The normalized spacial score (nSPS) is 13.8. The quantitative estimate of drug-likeness (QED) is 0.752. The van der Waals surface area contributed by atoms with Gasteiger partial charge in [-0.25, -0.2) is 4.79 Å². The molecule has 1 aromatic rings. The number of likely N-dealkylation sites (tertiary alicyclic amines) is 1. The summed E-state index contributed by atoms with van der Waals surface area (Å²) in [6.45, 7) is 1.31. The number of nitrogens with one attached hydrogen (secondary N) is 2. The van der Waals surface area contributed by atoms with Gasteiger partial charge in [-0.15, -0.1) is 11.3 Å². The Balaban J connectivity index is 1.98. The van der Waals surface area contributed by atoms with Gasteiger partial charge in [0, 0.05) is 12.8 Å². The summed E-state index contributed by atoms with van der Waals surface area (Å²) in [5.41, 5.74) is 0.0838. The van der Waals surface area contributed by atoms with E-state index in [1.807, 2.05) is 5.32 Å². The fraction of sp³-hybridized carbons (Fsp3) is 0.357. The number of ether oxygens (including phenoxy) is 1. The molecule has 0 aromatic carbocycles.